The molecule has 0 unspecified atom stereocenters. The molecule has 0 atom stereocenters. The summed E-state index contributed by atoms with van der Waals surface area (Å²) >= 11 is 0. The van der Waals surface area contributed by atoms with Gasteiger partial charge in [0.1, 0.15) is 11.6 Å². The number of piperazine rings is 1. The van der Waals surface area contributed by atoms with Gasteiger partial charge in [-0.25, -0.2) is 4.39 Å². The van der Waals surface area contributed by atoms with Gasteiger partial charge in [-0.15, -0.1) is 0 Å². The molecule has 2 fully saturated rings. The largest absolute Gasteiger partial charge is 0.496 e. The number of ether oxygens (including phenoxy) is 1. The quantitative estimate of drug-likeness (QED) is 0.780. The van der Waals surface area contributed by atoms with E-state index in [9.17, 15) is 9.18 Å². The monoisotopic (exact) mass is 397 g/mol. The van der Waals surface area contributed by atoms with Crippen LogP contribution >= 0.6 is 0 Å². The Bertz CT molecular complexity index is 861. The Morgan fingerprint density at radius 3 is 2.45 bits per heavy atom. The minimum Gasteiger partial charge on any atom is -0.496 e. The summed E-state index contributed by atoms with van der Waals surface area (Å²) in [7, 11) is 1.65. The number of amides is 1. The van der Waals surface area contributed by atoms with Gasteiger partial charge in [0.25, 0.3) is 0 Å². The van der Waals surface area contributed by atoms with Gasteiger partial charge >= 0.3 is 0 Å². The Hall–Kier alpha value is -2.60. The summed E-state index contributed by atoms with van der Waals surface area (Å²) in [5.41, 5.74) is 1.22. The third-order valence-corrected chi connectivity index (χ3v) is 6.09. The van der Waals surface area contributed by atoms with Gasteiger partial charge in [-0.1, -0.05) is 30.3 Å². The second kappa shape index (κ2) is 8.41. The van der Waals surface area contributed by atoms with Crippen LogP contribution in [-0.4, -0.2) is 57.2 Å². The van der Waals surface area contributed by atoms with E-state index in [4.69, 9.17) is 4.74 Å². The van der Waals surface area contributed by atoms with E-state index in [0.29, 0.717) is 12.2 Å². The van der Waals surface area contributed by atoms with Crippen molar-refractivity contribution in [2.24, 2.45) is 0 Å². The third-order valence-electron chi connectivity index (χ3n) is 6.09. The molecule has 1 heterocycles. The SMILES string of the molecule is COc1ccccc1C1(C(=O)NCCN2CCN(c3ccccc3F)CC2)CC1. The van der Waals surface area contributed by atoms with Crippen molar-refractivity contribution in [1.29, 1.82) is 0 Å². The maximum atomic E-state index is 14.0. The molecule has 2 aromatic carbocycles. The molecule has 0 radical (unpaired) electrons. The van der Waals surface area contributed by atoms with Crippen LogP contribution in [0.25, 0.3) is 0 Å². The lowest BCUT2D eigenvalue weighted by molar-refractivity contribution is -0.123. The summed E-state index contributed by atoms with van der Waals surface area (Å²) in [4.78, 5) is 17.3. The normalized spacial score (nSPS) is 18.3. The fourth-order valence-electron chi connectivity index (χ4n) is 4.20. The fraction of sp³-hybridized carbons (Fsp3) is 0.435. The van der Waals surface area contributed by atoms with Gasteiger partial charge in [-0.3, -0.25) is 9.69 Å². The number of para-hydroxylation sites is 2. The van der Waals surface area contributed by atoms with Crippen LogP contribution in [0.2, 0.25) is 0 Å². The zero-order valence-corrected chi connectivity index (χ0v) is 16.9. The van der Waals surface area contributed by atoms with Crippen molar-refractivity contribution in [2.75, 3.05) is 51.3 Å². The molecular formula is C23H28FN3O2. The van der Waals surface area contributed by atoms with Crippen LogP contribution in [0, 0.1) is 5.82 Å². The second-order valence-electron chi connectivity index (χ2n) is 7.82. The number of carbonyl (C=O) groups excluding carboxylic acids is 1. The maximum Gasteiger partial charge on any atom is 0.230 e. The number of rotatable bonds is 7. The number of nitrogens with one attached hydrogen (secondary N) is 1. The fourth-order valence-corrected chi connectivity index (χ4v) is 4.20. The van der Waals surface area contributed by atoms with Crippen molar-refractivity contribution in [3.63, 3.8) is 0 Å². The van der Waals surface area contributed by atoms with Crippen LogP contribution < -0.4 is 15.0 Å². The Labute approximate surface area is 171 Å². The first-order valence-electron chi connectivity index (χ1n) is 10.3. The highest BCUT2D eigenvalue weighted by Gasteiger charge is 2.52. The molecule has 1 N–H and O–H groups in total. The summed E-state index contributed by atoms with van der Waals surface area (Å²) in [6.07, 6.45) is 1.72. The molecule has 2 aliphatic rings. The Morgan fingerprint density at radius 1 is 1.07 bits per heavy atom. The first-order valence-corrected chi connectivity index (χ1v) is 10.3. The topological polar surface area (TPSA) is 44.8 Å². The number of carbonyl (C=O) groups is 1. The molecule has 1 saturated heterocycles. The molecule has 1 saturated carbocycles. The molecule has 6 heteroatoms. The molecule has 1 amide bonds. The van der Waals surface area contributed by atoms with E-state index in [2.05, 4.69) is 15.1 Å². The van der Waals surface area contributed by atoms with E-state index in [1.165, 1.54) is 6.07 Å². The van der Waals surface area contributed by atoms with Gasteiger partial charge in [0, 0.05) is 44.8 Å². The lowest BCUT2D eigenvalue weighted by atomic mass is 9.94. The molecule has 1 aliphatic heterocycles. The van der Waals surface area contributed by atoms with E-state index >= 15 is 0 Å². The summed E-state index contributed by atoms with van der Waals surface area (Å²) in [6, 6.07) is 14.7. The van der Waals surface area contributed by atoms with Crippen LogP contribution in [0.4, 0.5) is 10.1 Å². The van der Waals surface area contributed by atoms with Crippen LogP contribution in [0.5, 0.6) is 5.75 Å². The smallest absolute Gasteiger partial charge is 0.230 e. The van der Waals surface area contributed by atoms with Crippen LogP contribution in [0.15, 0.2) is 48.5 Å². The zero-order valence-electron chi connectivity index (χ0n) is 16.9. The van der Waals surface area contributed by atoms with Crippen LogP contribution in [-0.2, 0) is 10.2 Å². The highest BCUT2D eigenvalue weighted by molar-refractivity contribution is 5.92. The number of nitrogens with zero attached hydrogens (tertiary/aromatic N) is 2. The number of anilines is 1. The number of hydrogen-bond donors (Lipinski definition) is 1. The van der Waals surface area contributed by atoms with Gasteiger partial charge in [0.15, 0.2) is 0 Å². The van der Waals surface area contributed by atoms with Crippen LogP contribution in [0.3, 0.4) is 0 Å². The summed E-state index contributed by atoms with van der Waals surface area (Å²) in [5, 5.41) is 3.12. The first kappa shape index (κ1) is 19.7. The van der Waals surface area contributed by atoms with Gasteiger partial charge in [-0.2, -0.15) is 0 Å². The van der Waals surface area contributed by atoms with Crippen LogP contribution in [0.1, 0.15) is 18.4 Å². The lowest BCUT2D eigenvalue weighted by Gasteiger charge is -2.36. The maximum absolute atomic E-state index is 14.0. The highest BCUT2D eigenvalue weighted by atomic mass is 19.1. The van der Waals surface area contributed by atoms with Crippen molar-refractivity contribution in [3.05, 3.63) is 59.9 Å². The molecule has 0 bridgehead atoms. The zero-order chi connectivity index (χ0) is 20.3. The predicted molar refractivity (Wildman–Crippen MR) is 112 cm³/mol. The standard InChI is InChI=1S/C23H28FN3O2/c1-29-21-9-5-2-6-18(21)23(10-11-23)22(28)25-12-13-26-14-16-27(17-15-26)20-8-4-3-7-19(20)24/h2-9H,10-17H2,1H3,(H,25,28). The Kier molecular flexibility index (Phi) is 5.72. The van der Waals surface area contributed by atoms with Gasteiger partial charge in [0.2, 0.25) is 5.91 Å². The van der Waals surface area contributed by atoms with Gasteiger partial charge < -0.3 is 15.0 Å². The number of methoxy groups -OCH3 is 1. The van der Waals surface area contributed by atoms with E-state index in [1.807, 2.05) is 36.4 Å². The summed E-state index contributed by atoms with van der Waals surface area (Å²) in [5.74, 6) is 0.704. The Morgan fingerprint density at radius 2 is 1.76 bits per heavy atom. The average Bonchev–Trinajstić information content (AvgIpc) is 3.57. The van der Waals surface area contributed by atoms with Crippen molar-refractivity contribution in [3.8, 4) is 5.75 Å². The predicted octanol–water partition coefficient (Wildman–Crippen LogP) is 2.80. The lowest BCUT2D eigenvalue weighted by Crippen LogP contribution is -2.49. The molecule has 1 aliphatic carbocycles. The van der Waals surface area contributed by atoms with Crippen molar-refractivity contribution < 1.29 is 13.9 Å². The molecule has 29 heavy (non-hydrogen) atoms. The van der Waals surface area contributed by atoms with E-state index in [0.717, 1.165) is 56.9 Å². The van der Waals surface area contributed by atoms with E-state index in [-0.39, 0.29) is 11.7 Å². The molecule has 154 valence electrons. The number of benzene rings is 2. The van der Waals surface area contributed by atoms with Gasteiger partial charge in [-0.05, 0) is 31.0 Å². The second-order valence-corrected chi connectivity index (χ2v) is 7.82. The molecule has 0 aromatic heterocycles. The first-order chi connectivity index (χ1) is 14.1. The van der Waals surface area contributed by atoms with Crippen molar-refractivity contribution in [2.45, 2.75) is 18.3 Å². The minimum absolute atomic E-state index is 0.0898. The average molecular weight is 397 g/mol. The molecule has 0 spiro atoms. The molecule has 2 aromatic rings. The summed E-state index contributed by atoms with van der Waals surface area (Å²) < 4.78 is 19.4. The van der Waals surface area contributed by atoms with E-state index < -0.39 is 5.41 Å². The number of hydrogen-bond acceptors (Lipinski definition) is 4. The highest BCUT2D eigenvalue weighted by Crippen LogP contribution is 2.51. The third kappa shape index (κ3) is 4.08. The minimum atomic E-state index is -0.434. The number of halogens is 1. The summed E-state index contributed by atoms with van der Waals surface area (Å²) in [6.45, 7) is 4.73. The van der Waals surface area contributed by atoms with Crippen molar-refractivity contribution >= 4 is 11.6 Å². The molecule has 5 nitrogen and oxygen atoms in total. The van der Waals surface area contributed by atoms with Crippen molar-refractivity contribution in [1.82, 2.24) is 10.2 Å². The van der Waals surface area contributed by atoms with Gasteiger partial charge in [0.05, 0.1) is 18.2 Å². The molecule has 4 rings (SSSR count). The molecular weight excluding hydrogens is 369 g/mol. The Balaban J connectivity index is 1.26. The van der Waals surface area contributed by atoms with E-state index in [1.54, 1.807) is 13.2 Å².